The van der Waals surface area contributed by atoms with Gasteiger partial charge in [0.2, 0.25) is 5.91 Å². The highest BCUT2D eigenvalue weighted by molar-refractivity contribution is 6.05. The summed E-state index contributed by atoms with van der Waals surface area (Å²) in [5.74, 6) is -0.484. The summed E-state index contributed by atoms with van der Waals surface area (Å²) < 4.78 is 0. The first kappa shape index (κ1) is 18.4. The van der Waals surface area contributed by atoms with Gasteiger partial charge in [0.25, 0.3) is 5.91 Å². The number of urea groups is 1. The number of amides is 4. The molecule has 0 aromatic heterocycles. The maximum Gasteiger partial charge on any atom is 0.325 e. The average molecular weight is 357 g/mol. The van der Waals surface area contributed by atoms with Gasteiger partial charge in [-0.25, -0.2) is 4.79 Å². The van der Waals surface area contributed by atoms with Crippen molar-refractivity contribution in [3.8, 4) is 0 Å². The Kier molecular flexibility index (Phi) is 6.26. The molecular weight excluding hydrogens is 330 g/mol. The van der Waals surface area contributed by atoms with Crippen LogP contribution in [0.15, 0.2) is 30.3 Å². The molecule has 2 fully saturated rings. The molecule has 1 saturated carbocycles. The van der Waals surface area contributed by atoms with E-state index in [1.54, 1.807) is 0 Å². The first-order valence-corrected chi connectivity index (χ1v) is 9.58. The Morgan fingerprint density at radius 3 is 2.38 bits per heavy atom. The van der Waals surface area contributed by atoms with E-state index in [9.17, 15) is 14.4 Å². The molecule has 1 aliphatic carbocycles. The van der Waals surface area contributed by atoms with Crippen LogP contribution in [0.3, 0.4) is 0 Å². The number of hydrogen-bond acceptors (Lipinski definition) is 3. The second kappa shape index (κ2) is 8.83. The van der Waals surface area contributed by atoms with E-state index in [1.807, 2.05) is 30.3 Å². The summed E-state index contributed by atoms with van der Waals surface area (Å²) in [4.78, 5) is 38.2. The van der Waals surface area contributed by atoms with Crippen molar-refractivity contribution >= 4 is 17.8 Å². The van der Waals surface area contributed by atoms with Gasteiger partial charge >= 0.3 is 6.03 Å². The van der Waals surface area contributed by atoms with Gasteiger partial charge in [0.05, 0.1) is 13.0 Å². The molecule has 6 heteroatoms. The summed E-state index contributed by atoms with van der Waals surface area (Å²) in [6, 6.07) is 8.36. The Morgan fingerprint density at radius 2 is 1.69 bits per heavy atom. The standard InChI is InChI=1S/C20H27N3O3/c24-18(21-16-11-7-2-1-3-8-12-16)13-17-19(25)23(20(26)22-17)14-15-9-5-4-6-10-15/h4-6,9-10,16-17H,1-3,7-8,11-14H2,(H,21,24)(H,22,26)/t17-/m1/s1. The van der Waals surface area contributed by atoms with Gasteiger partial charge in [-0.1, -0.05) is 62.4 Å². The Labute approximate surface area is 154 Å². The van der Waals surface area contributed by atoms with Gasteiger partial charge in [-0.2, -0.15) is 0 Å². The van der Waals surface area contributed by atoms with E-state index in [1.165, 1.54) is 24.2 Å². The van der Waals surface area contributed by atoms with Crippen LogP contribution in [0.5, 0.6) is 0 Å². The predicted octanol–water partition coefficient (Wildman–Crippen LogP) is 2.73. The Bertz CT molecular complexity index is 639. The van der Waals surface area contributed by atoms with Crippen LogP contribution in [0.25, 0.3) is 0 Å². The first-order chi connectivity index (χ1) is 12.6. The van der Waals surface area contributed by atoms with Crippen LogP contribution < -0.4 is 10.6 Å². The molecule has 1 saturated heterocycles. The molecule has 2 N–H and O–H groups in total. The van der Waals surface area contributed by atoms with Crippen LogP contribution >= 0.6 is 0 Å². The van der Waals surface area contributed by atoms with Crippen molar-refractivity contribution < 1.29 is 14.4 Å². The van der Waals surface area contributed by atoms with E-state index in [0.29, 0.717) is 0 Å². The third-order valence-electron chi connectivity index (χ3n) is 5.15. The van der Waals surface area contributed by atoms with E-state index in [4.69, 9.17) is 0 Å². The van der Waals surface area contributed by atoms with Crippen LogP contribution in [0, 0.1) is 0 Å². The third-order valence-corrected chi connectivity index (χ3v) is 5.15. The molecule has 26 heavy (non-hydrogen) atoms. The Hall–Kier alpha value is -2.37. The second-order valence-corrected chi connectivity index (χ2v) is 7.23. The largest absolute Gasteiger partial charge is 0.353 e. The average Bonchev–Trinajstić information content (AvgIpc) is 2.85. The number of carbonyl (C=O) groups is 3. The lowest BCUT2D eigenvalue weighted by Gasteiger charge is -2.21. The molecule has 0 unspecified atom stereocenters. The summed E-state index contributed by atoms with van der Waals surface area (Å²) in [5, 5.41) is 5.69. The van der Waals surface area contributed by atoms with Gasteiger partial charge in [0.1, 0.15) is 6.04 Å². The number of nitrogens with one attached hydrogen (secondary N) is 2. The van der Waals surface area contributed by atoms with Crippen molar-refractivity contribution in [2.75, 3.05) is 0 Å². The molecule has 0 spiro atoms. The summed E-state index contributed by atoms with van der Waals surface area (Å²) >= 11 is 0. The van der Waals surface area contributed by atoms with Gasteiger partial charge in [0.15, 0.2) is 0 Å². The van der Waals surface area contributed by atoms with Crippen molar-refractivity contribution in [1.82, 2.24) is 15.5 Å². The minimum absolute atomic E-state index is 0.00631. The number of carbonyl (C=O) groups excluding carboxylic acids is 3. The fraction of sp³-hybridized carbons (Fsp3) is 0.550. The number of hydrogen-bond donors (Lipinski definition) is 2. The number of nitrogens with zero attached hydrogens (tertiary/aromatic N) is 1. The van der Waals surface area contributed by atoms with Gasteiger partial charge in [-0.15, -0.1) is 0 Å². The summed E-state index contributed by atoms with van der Waals surface area (Å²) in [7, 11) is 0. The lowest BCUT2D eigenvalue weighted by Crippen LogP contribution is -2.40. The fourth-order valence-electron chi connectivity index (χ4n) is 3.70. The zero-order valence-corrected chi connectivity index (χ0v) is 15.1. The lowest BCUT2D eigenvalue weighted by molar-refractivity contribution is -0.131. The first-order valence-electron chi connectivity index (χ1n) is 9.58. The monoisotopic (exact) mass is 357 g/mol. The van der Waals surface area contributed by atoms with E-state index < -0.39 is 12.1 Å². The molecule has 0 radical (unpaired) electrons. The van der Waals surface area contributed by atoms with Gasteiger partial charge in [-0.3, -0.25) is 14.5 Å². The van der Waals surface area contributed by atoms with Crippen LogP contribution in [0.1, 0.15) is 56.9 Å². The van der Waals surface area contributed by atoms with E-state index >= 15 is 0 Å². The fourth-order valence-corrected chi connectivity index (χ4v) is 3.70. The molecule has 3 rings (SSSR count). The quantitative estimate of drug-likeness (QED) is 0.796. The molecule has 1 aromatic rings. The van der Waals surface area contributed by atoms with Crippen LogP contribution in [-0.2, 0) is 16.1 Å². The highest BCUT2D eigenvalue weighted by Crippen LogP contribution is 2.18. The zero-order valence-electron chi connectivity index (χ0n) is 15.1. The number of imide groups is 1. The molecular formula is C20H27N3O3. The molecule has 4 amide bonds. The van der Waals surface area contributed by atoms with E-state index in [-0.39, 0.29) is 30.8 Å². The number of benzene rings is 1. The lowest BCUT2D eigenvalue weighted by atomic mass is 9.96. The molecule has 6 nitrogen and oxygen atoms in total. The van der Waals surface area contributed by atoms with Crippen LogP contribution in [0.2, 0.25) is 0 Å². The molecule has 140 valence electrons. The molecule has 1 aromatic carbocycles. The van der Waals surface area contributed by atoms with Crippen LogP contribution in [-0.4, -0.2) is 34.8 Å². The van der Waals surface area contributed by atoms with Crippen molar-refractivity contribution in [3.05, 3.63) is 35.9 Å². The van der Waals surface area contributed by atoms with Crippen molar-refractivity contribution in [2.24, 2.45) is 0 Å². The summed E-state index contributed by atoms with van der Waals surface area (Å²) in [6.07, 6.45) is 7.99. The SMILES string of the molecule is O=C(C[C@H]1NC(=O)N(Cc2ccccc2)C1=O)NC1CCCCCCC1. The minimum Gasteiger partial charge on any atom is -0.353 e. The highest BCUT2D eigenvalue weighted by Gasteiger charge is 2.39. The smallest absolute Gasteiger partial charge is 0.325 e. The van der Waals surface area contributed by atoms with E-state index in [0.717, 1.165) is 31.2 Å². The van der Waals surface area contributed by atoms with Crippen molar-refractivity contribution in [2.45, 2.75) is 70.0 Å². The second-order valence-electron chi connectivity index (χ2n) is 7.23. The Balaban J connectivity index is 1.52. The summed E-state index contributed by atoms with van der Waals surface area (Å²) in [5.41, 5.74) is 0.885. The Morgan fingerprint density at radius 1 is 1.04 bits per heavy atom. The van der Waals surface area contributed by atoms with Gasteiger partial charge in [0, 0.05) is 6.04 Å². The third kappa shape index (κ3) is 4.84. The van der Waals surface area contributed by atoms with E-state index in [2.05, 4.69) is 10.6 Å². The minimum atomic E-state index is -0.764. The topological polar surface area (TPSA) is 78.5 Å². The predicted molar refractivity (Wildman–Crippen MR) is 98.2 cm³/mol. The van der Waals surface area contributed by atoms with Gasteiger partial charge < -0.3 is 10.6 Å². The van der Waals surface area contributed by atoms with Gasteiger partial charge in [-0.05, 0) is 18.4 Å². The molecule has 1 heterocycles. The summed E-state index contributed by atoms with van der Waals surface area (Å²) in [6.45, 7) is 0.228. The maximum atomic E-state index is 12.5. The maximum absolute atomic E-state index is 12.5. The normalized spacial score (nSPS) is 21.8. The highest BCUT2D eigenvalue weighted by atomic mass is 16.2. The molecule has 0 bridgehead atoms. The number of rotatable bonds is 5. The molecule has 1 atom stereocenters. The van der Waals surface area contributed by atoms with Crippen molar-refractivity contribution in [1.29, 1.82) is 0 Å². The molecule has 2 aliphatic rings. The zero-order chi connectivity index (χ0) is 18.4. The molecule has 1 aliphatic heterocycles. The van der Waals surface area contributed by atoms with Crippen LogP contribution in [0.4, 0.5) is 4.79 Å². The van der Waals surface area contributed by atoms with Crippen molar-refractivity contribution in [3.63, 3.8) is 0 Å².